The number of nitrogens with zero attached hydrogens (tertiary/aromatic N) is 2. The van der Waals surface area contributed by atoms with Gasteiger partial charge in [0.25, 0.3) is 0 Å². The van der Waals surface area contributed by atoms with E-state index in [1.807, 2.05) is 27.7 Å². The molecule has 2 saturated heterocycles. The van der Waals surface area contributed by atoms with Crippen LogP contribution in [0.4, 0.5) is 0 Å². The van der Waals surface area contributed by atoms with Crippen molar-refractivity contribution in [2.45, 2.75) is 65.1 Å². The summed E-state index contributed by atoms with van der Waals surface area (Å²) in [5, 5.41) is 2.89. The standard InChI is InChI=1S/C16H29N3O2/c1-11-14(20)17-13(16(2,3)4)15(21)19(11)10-12-8-6-7-9-18(12)5/h11-13H,6-10H2,1-5H3,(H,17,20). The van der Waals surface area contributed by atoms with Gasteiger partial charge in [-0.3, -0.25) is 9.59 Å². The van der Waals surface area contributed by atoms with Crippen LogP contribution in [0.15, 0.2) is 0 Å². The molecule has 2 heterocycles. The smallest absolute Gasteiger partial charge is 0.246 e. The number of amides is 2. The van der Waals surface area contributed by atoms with Gasteiger partial charge in [0.15, 0.2) is 0 Å². The number of carbonyl (C=O) groups excluding carboxylic acids is 2. The third kappa shape index (κ3) is 3.39. The molecule has 2 rings (SSSR count). The summed E-state index contributed by atoms with van der Waals surface area (Å²) in [5.41, 5.74) is -0.260. The van der Waals surface area contributed by atoms with Crippen LogP contribution in [0.25, 0.3) is 0 Å². The lowest BCUT2D eigenvalue weighted by atomic mass is 9.83. The number of rotatable bonds is 2. The Balaban J connectivity index is 2.15. The SMILES string of the molecule is CC1C(=O)NC(C(C)(C)C)C(=O)N1CC1CCCCN1C. The molecular weight excluding hydrogens is 266 g/mol. The Labute approximate surface area is 128 Å². The minimum atomic E-state index is -0.421. The van der Waals surface area contributed by atoms with Gasteiger partial charge in [-0.1, -0.05) is 27.2 Å². The Morgan fingerprint density at radius 3 is 2.48 bits per heavy atom. The van der Waals surface area contributed by atoms with Crippen LogP contribution in [0.1, 0.15) is 47.0 Å². The monoisotopic (exact) mass is 295 g/mol. The predicted octanol–water partition coefficient (Wildman–Crippen LogP) is 1.23. The minimum absolute atomic E-state index is 0.0343. The highest BCUT2D eigenvalue weighted by molar-refractivity contribution is 5.97. The highest BCUT2D eigenvalue weighted by Gasteiger charge is 2.44. The molecule has 2 aliphatic rings. The lowest BCUT2D eigenvalue weighted by Gasteiger charge is -2.45. The molecule has 5 nitrogen and oxygen atoms in total. The van der Waals surface area contributed by atoms with Crippen LogP contribution >= 0.6 is 0 Å². The van der Waals surface area contributed by atoms with Crippen molar-refractivity contribution >= 4 is 11.8 Å². The highest BCUT2D eigenvalue weighted by atomic mass is 16.2. The maximum Gasteiger partial charge on any atom is 0.246 e. The number of carbonyl (C=O) groups is 2. The summed E-state index contributed by atoms with van der Waals surface area (Å²) in [6.07, 6.45) is 3.54. The number of hydrogen-bond acceptors (Lipinski definition) is 3. The largest absolute Gasteiger partial charge is 0.342 e. The molecule has 0 bridgehead atoms. The fourth-order valence-electron chi connectivity index (χ4n) is 3.26. The Morgan fingerprint density at radius 1 is 1.24 bits per heavy atom. The average Bonchev–Trinajstić information content (AvgIpc) is 2.39. The van der Waals surface area contributed by atoms with E-state index < -0.39 is 6.04 Å². The number of piperazine rings is 1. The number of hydrogen-bond donors (Lipinski definition) is 1. The van der Waals surface area contributed by atoms with E-state index >= 15 is 0 Å². The first-order valence-electron chi connectivity index (χ1n) is 8.03. The molecular formula is C16H29N3O2. The molecule has 0 aromatic carbocycles. The maximum atomic E-state index is 12.8. The van der Waals surface area contributed by atoms with E-state index in [-0.39, 0.29) is 23.3 Å². The van der Waals surface area contributed by atoms with Crippen molar-refractivity contribution < 1.29 is 9.59 Å². The molecule has 2 fully saturated rings. The third-order valence-corrected chi connectivity index (χ3v) is 4.86. The zero-order valence-electron chi connectivity index (χ0n) is 14.0. The van der Waals surface area contributed by atoms with Gasteiger partial charge in [0, 0.05) is 12.6 Å². The van der Waals surface area contributed by atoms with E-state index in [9.17, 15) is 9.59 Å². The average molecular weight is 295 g/mol. The first kappa shape index (κ1) is 16.3. The number of nitrogens with one attached hydrogen (secondary N) is 1. The Morgan fingerprint density at radius 2 is 1.90 bits per heavy atom. The first-order chi connectivity index (χ1) is 9.71. The maximum absolute atomic E-state index is 12.8. The van der Waals surface area contributed by atoms with E-state index in [1.54, 1.807) is 4.90 Å². The summed E-state index contributed by atoms with van der Waals surface area (Å²) in [7, 11) is 2.12. The lowest BCUT2D eigenvalue weighted by molar-refractivity contribution is -0.152. The molecule has 0 radical (unpaired) electrons. The normalized spacial score (nSPS) is 32.2. The second kappa shape index (κ2) is 5.95. The summed E-state index contributed by atoms with van der Waals surface area (Å²) in [6, 6.07) is -0.418. The molecule has 5 heteroatoms. The molecule has 0 aromatic rings. The molecule has 3 unspecified atom stereocenters. The van der Waals surface area contributed by atoms with Crippen LogP contribution in [0.5, 0.6) is 0 Å². The summed E-state index contributed by atoms with van der Waals surface area (Å²) in [4.78, 5) is 29.1. The van der Waals surface area contributed by atoms with Crippen LogP contribution in [0.2, 0.25) is 0 Å². The highest BCUT2D eigenvalue weighted by Crippen LogP contribution is 2.26. The van der Waals surface area contributed by atoms with E-state index in [4.69, 9.17) is 0 Å². The van der Waals surface area contributed by atoms with Crippen molar-refractivity contribution in [2.24, 2.45) is 5.41 Å². The Bertz CT molecular complexity index is 416. The van der Waals surface area contributed by atoms with Gasteiger partial charge in [0.2, 0.25) is 11.8 Å². The molecule has 0 spiro atoms. The Hall–Kier alpha value is -1.10. The van der Waals surface area contributed by atoms with Gasteiger partial charge in [-0.25, -0.2) is 0 Å². The lowest BCUT2D eigenvalue weighted by Crippen LogP contribution is -2.67. The van der Waals surface area contributed by atoms with Crippen LogP contribution in [-0.4, -0.2) is 59.9 Å². The topological polar surface area (TPSA) is 52.7 Å². The summed E-state index contributed by atoms with van der Waals surface area (Å²) < 4.78 is 0. The quantitative estimate of drug-likeness (QED) is 0.834. The van der Waals surface area contributed by atoms with Crippen LogP contribution in [0, 0.1) is 5.41 Å². The van der Waals surface area contributed by atoms with Crippen molar-refractivity contribution in [3.8, 4) is 0 Å². The van der Waals surface area contributed by atoms with Gasteiger partial charge < -0.3 is 15.1 Å². The van der Waals surface area contributed by atoms with E-state index in [1.165, 1.54) is 12.8 Å². The molecule has 0 saturated carbocycles. The minimum Gasteiger partial charge on any atom is -0.342 e. The van der Waals surface area contributed by atoms with Gasteiger partial charge in [-0.15, -0.1) is 0 Å². The second-order valence-electron chi connectivity index (χ2n) is 7.60. The van der Waals surface area contributed by atoms with Gasteiger partial charge in [0.1, 0.15) is 12.1 Å². The van der Waals surface area contributed by atoms with Crippen LogP contribution in [-0.2, 0) is 9.59 Å². The molecule has 3 atom stereocenters. The number of piperidine rings is 1. The molecule has 1 N–H and O–H groups in total. The second-order valence-corrected chi connectivity index (χ2v) is 7.60. The van der Waals surface area contributed by atoms with Gasteiger partial charge in [0.05, 0.1) is 0 Å². The zero-order valence-corrected chi connectivity index (χ0v) is 14.0. The molecule has 2 amide bonds. The number of likely N-dealkylation sites (tertiary alicyclic amines) is 1. The van der Waals surface area contributed by atoms with Gasteiger partial charge in [-0.2, -0.15) is 0 Å². The summed E-state index contributed by atoms with van der Waals surface area (Å²) in [6.45, 7) is 9.56. The molecule has 21 heavy (non-hydrogen) atoms. The third-order valence-electron chi connectivity index (χ3n) is 4.86. The molecule has 0 aromatic heterocycles. The molecule has 0 aliphatic carbocycles. The molecule has 120 valence electrons. The summed E-state index contributed by atoms with van der Waals surface area (Å²) >= 11 is 0. The van der Waals surface area contributed by atoms with Crippen molar-refractivity contribution in [2.75, 3.05) is 20.1 Å². The van der Waals surface area contributed by atoms with Crippen molar-refractivity contribution in [3.63, 3.8) is 0 Å². The zero-order chi connectivity index (χ0) is 15.8. The van der Waals surface area contributed by atoms with Crippen LogP contribution < -0.4 is 5.32 Å². The van der Waals surface area contributed by atoms with Crippen LogP contribution in [0.3, 0.4) is 0 Å². The van der Waals surface area contributed by atoms with Crippen molar-refractivity contribution in [1.29, 1.82) is 0 Å². The van der Waals surface area contributed by atoms with Crippen molar-refractivity contribution in [1.82, 2.24) is 15.1 Å². The van der Waals surface area contributed by atoms with Crippen molar-refractivity contribution in [3.05, 3.63) is 0 Å². The fourth-order valence-corrected chi connectivity index (χ4v) is 3.26. The van der Waals surface area contributed by atoms with E-state index in [0.717, 1.165) is 13.0 Å². The molecule has 2 aliphatic heterocycles. The summed E-state index contributed by atoms with van der Waals surface area (Å²) in [5.74, 6) is 0.0292. The first-order valence-corrected chi connectivity index (χ1v) is 8.03. The van der Waals surface area contributed by atoms with E-state index in [2.05, 4.69) is 17.3 Å². The van der Waals surface area contributed by atoms with E-state index in [0.29, 0.717) is 12.6 Å². The van der Waals surface area contributed by atoms with Gasteiger partial charge >= 0.3 is 0 Å². The predicted molar refractivity (Wildman–Crippen MR) is 82.8 cm³/mol. The number of likely N-dealkylation sites (N-methyl/N-ethyl adjacent to an activating group) is 1. The Kier molecular flexibility index (Phi) is 4.61. The van der Waals surface area contributed by atoms with Gasteiger partial charge in [-0.05, 0) is 38.8 Å². The fraction of sp³-hybridized carbons (Fsp3) is 0.875.